The number of carbonyl (C=O) groups is 1. The van der Waals surface area contributed by atoms with Crippen LogP contribution in [0.15, 0.2) is 24.3 Å². The van der Waals surface area contributed by atoms with Crippen LogP contribution in [-0.2, 0) is 9.53 Å². The molecule has 0 radical (unpaired) electrons. The summed E-state index contributed by atoms with van der Waals surface area (Å²) in [5, 5.41) is 13.5. The number of benzene rings is 1. The van der Waals surface area contributed by atoms with Crippen LogP contribution in [0.1, 0.15) is 13.3 Å². The van der Waals surface area contributed by atoms with Gasteiger partial charge in [0, 0.05) is 12.5 Å². The SMILES string of the molecule is CNC(C)(CCOc1cccc([N+](=O)[O-])c1)C(=O)OC. The molecule has 1 rings (SSSR count). The number of esters is 1. The first-order valence-electron chi connectivity index (χ1n) is 6.07. The summed E-state index contributed by atoms with van der Waals surface area (Å²) < 4.78 is 10.2. The molecule has 7 nitrogen and oxygen atoms in total. The molecule has 1 aromatic rings. The molecule has 0 aliphatic heterocycles. The smallest absolute Gasteiger partial charge is 0.325 e. The third kappa shape index (κ3) is 3.92. The lowest BCUT2D eigenvalue weighted by Gasteiger charge is -2.25. The highest BCUT2D eigenvalue weighted by Gasteiger charge is 2.32. The summed E-state index contributed by atoms with van der Waals surface area (Å²) in [6.07, 6.45) is 0.374. The summed E-state index contributed by atoms with van der Waals surface area (Å²) in [6.45, 7) is 1.93. The maximum atomic E-state index is 11.6. The number of carbonyl (C=O) groups excluding carboxylic acids is 1. The molecule has 7 heteroatoms. The van der Waals surface area contributed by atoms with Gasteiger partial charge in [0.05, 0.1) is 24.7 Å². The third-order valence-corrected chi connectivity index (χ3v) is 3.09. The van der Waals surface area contributed by atoms with Crippen LogP contribution in [0.3, 0.4) is 0 Å². The van der Waals surface area contributed by atoms with Gasteiger partial charge in [-0.3, -0.25) is 14.9 Å². The average Bonchev–Trinajstić information content (AvgIpc) is 2.46. The number of rotatable bonds is 7. The Bertz CT molecular complexity index is 491. The van der Waals surface area contributed by atoms with E-state index in [2.05, 4.69) is 5.32 Å². The molecule has 110 valence electrons. The monoisotopic (exact) mass is 282 g/mol. The van der Waals surface area contributed by atoms with Crippen LogP contribution in [0.5, 0.6) is 5.75 Å². The number of likely N-dealkylation sites (N-methyl/N-ethyl adjacent to an activating group) is 1. The second kappa shape index (κ2) is 6.85. The zero-order valence-corrected chi connectivity index (χ0v) is 11.7. The lowest BCUT2D eigenvalue weighted by atomic mass is 9.99. The Labute approximate surface area is 117 Å². The van der Waals surface area contributed by atoms with Gasteiger partial charge in [-0.05, 0) is 20.0 Å². The fourth-order valence-corrected chi connectivity index (χ4v) is 1.61. The molecule has 1 N–H and O–H groups in total. The van der Waals surface area contributed by atoms with Gasteiger partial charge < -0.3 is 14.8 Å². The van der Waals surface area contributed by atoms with Crippen molar-refractivity contribution in [1.82, 2.24) is 5.32 Å². The van der Waals surface area contributed by atoms with Crippen LogP contribution in [0.2, 0.25) is 0 Å². The van der Waals surface area contributed by atoms with E-state index in [9.17, 15) is 14.9 Å². The van der Waals surface area contributed by atoms with Crippen molar-refractivity contribution in [2.24, 2.45) is 0 Å². The largest absolute Gasteiger partial charge is 0.493 e. The van der Waals surface area contributed by atoms with Gasteiger partial charge in [-0.2, -0.15) is 0 Å². The van der Waals surface area contributed by atoms with Crippen molar-refractivity contribution < 1.29 is 19.2 Å². The molecule has 0 aromatic heterocycles. The lowest BCUT2D eigenvalue weighted by molar-refractivity contribution is -0.384. The number of hydrogen-bond donors (Lipinski definition) is 1. The number of nitro groups is 1. The fourth-order valence-electron chi connectivity index (χ4n) is 1.61. The summed E-state index contributed by atoms with van der Waals surface area (Å²) in [4.78, 5) is 21.8. The molecule has 20 heavy (non-hydrogen) atoms. The van der Waals surface area contributed by atoms with Gasteiger partial charge in [0.1, 0.15) is 11.3 Å². The minimum absolute atomic E-state index is 0.0353. The molecule has 0 saturated carbocycles. The van der Waals surface area contributed by atoms with Gasteiger partial charge in [-0.25, -0.2) is 0 Å². The normalized spacial score (nSPS) is 13.3. The Balaban J connectivity index is 2.61. The number of nitro benzene ring substituents is 1. The van der Waals surface area contributed by atoms with Gasteiger partial charge in [-0.15, -0.1) is 0 Å². The molecule has 1 aromatic carbocycles. The number of nitrogens with zero attached hydrogens (tertiary/aromatic N) is 1. The summed E-state index contributed by atoms with van der Waals surface area (Å²) in [5.41, 5.74) is -0.887. The van der Waals surface area contributed by atoms with Crippen LogP contribution >= 0.6 is 0 Å². The van der Waals surface area contributed by atoms with E-state index in [0.29, 0.717) is 12.2 Å². The minimum atomic E-state index is -0.852. The quantitative estimate of drug-likeness (QED) is 0.463. The molecule has 1 atom stereocenters. The molecule has 1 unspecified atom stereocenters. The van der Waals surface area contributed by atoms with Crippen LogP contribution in [0.4, 0.5) is 5.69 Å². The maximum Gasteiger partial charge on any atom is 0.325 e. The van der Waals surface area contributed by atoms with Gasteiger partial charge in [0.15, 0.2) is 0 Å². The fraction of sp³-hybridized carbons (Fsp3) is 0.462. The molecular formula is C13H18N2O5. The lowest BCUT2D eigenvalue weighted by Crippen LogP contribution is -2.49. The van der Waals surface area contributed by atoms with E-state index in [1.54, 1.807) is 26.1 Å². The van der Waals surface area contributed by atoms with Crippen LogP contribution in [0.25, 0.3) is 0 Å². The van der Waals surface area contributed by atoms with Crippen molar-refractivity contribution in [2.45, 2.75) is 18.9 Å². The first-order chi connectivity index (χ1) is 9.42. The molecule has 0 amide bonds. The predicted molar refractivity (Wildman–Crippen MR) is 72.7 cm³/mol. The Morgan fingerprint density at radius 3 is 2.75 bits per heavy atom. The van der Waals surface area contributed by atoms with Gasteiger partial charge in [0.2, 0.25) is 0 Å². The van der Waals surface area contributed by atoms with Crippen molar-refractivity contribution in [2.75, 3.05) is 20.8 Å². The van der Waals surface area contributed by atoms with Crippen LogP contribution < -0.4 is 10.1 Å². The Morgan fingerprint density at radius 2 is 2.20 bits per heavy atom. The van der Waals surface area contributed by atoms with Gasteiger partial charge in [0.25, 0.3) is 5.69 Å². The Kier molecular flexibility index (Phi) is 5.45. The third-order valence-electron chi connectivity index (χ3n) is 3.09. The maximum absolute atomic E-state index is 11.6. The van der Waals surface area contributed by atoms with Gasteiger partial charge >= 0.3 is 5.97 Å². The molecule has 0 fully saturated rings. The van der Waals surface area contributed by atoms with E-state index in [1.165, 1.54) is 19.2 Å². The Hall–Kier alpha value is -2.15. The highest BCUT2D eigenvalue weighted by molar-refractivity contribution is 5.80. The molecule has 0 aliphatic rings. The van der Waals surface area contributed by atoms with Crippen molar-refractivity contribution in [3.05, 3.63) is 34.4 Å². The first-order valence-corrected chi connectivity index (χ1v) is 6.07. The van der Waals surface area contributed by atoms with Gasteiger partial charge in [-0.1, -0.05) is 6.07 Å². The first kappa shape index (κ1) is 15.9. The summed E-state index contributed by atoms with van der Waals surface area (Å²) in [6, 6.07) is 5.90. The molecule has 0 bridgehead atoms. The minimum Gasteiger partial charge on any atom is -0.493 e. The predicted octanol–water partition coefficient (Wildman–Crippen LogP) is 1.51. The van der Waals surface area contributed by atoms with Crippen molar-refractivity contribution in [1.29, 1.82) is 0 Å². The second-order valence-electron chi connectivity index (χ2n) is 4.43. The highest BCUT2D eigenvalue weighted by atomic mass is 16.6. The number of ether oxygens (including phenoxy) is 2. The number of non-ortho nitro benzene ring substituents is 1. The Morgan fingerprint density at radius 1 is 1.50 bits per heavy atom. The van der Waals surface area contributed by atoms with E-state index in [1.807, 2.05) is 0 Å². The number of nitrogens with one attached hydrogen (secondary N) is 1. The van der Waals surface area contributed by atoms with Crippen LogP contribution in [-0.4, -0.2) is 37.2 Å². The highest BCUT2D eigenvalue weighted by Crippen LogP contribution is 2.20. The molecule has 0 heterocycles. The van der Waals surface area contributed by atoms with E-state index in [4.69, 9.17) is 9.47 Å². The van der Waals surface area contributed by atoms with E-state index in [-0.39, 0.29) is 18.3 Å². The van der Waals surface area contributed by atoms with E-state index in [0.717, 1.165) is 0 Å². The summed E-state index contributed by atoms with van der Waals surface area (Å²) in [7, 11) is 2.98. The molecule has 0 aliphatic carbocycles. The van der Waals surface area contributed by atoms with E-state index >= 15 is 0 Å². The summed E-state index contributed by atoms with van der Waals surface area (Å²) >= 11 is 0. The van der Waals surface area contributed by atoms with Crippen molar-refractivity contribution in [3.8, 4) is 5.75 Å². The topological polar surface area (TPSA) is 90.7 Å². The zero-order chi connectivity index (χ0) is 15.2. The zero-order valence-electron chi connectivity index (χ0n) is 11.7. The van der Waals surface area contributed by atoms with Crippen LogP contribution in [0, 0.1) is 10.1 Å². The second-order valence-corrected chi connectivity index (χ2v) is 4.43. The number of hydrogen-bond acceptors (Lipinski definition) is 6. The molecule has 0 spiro atoms. The molecular weight excluding hydrogens is 264 g/mol. The van der Waals surface area contributed by atoms with E-state index < -0.39 is 10.5 Å². The summed E-state index contributed by atoms with van der Waals surface area (Å²) in [5.74, 6) is 0.00478. The van der Waals surface area contributed by atoms with Crippen molar-refractivity contribution in [3.63, 3.8) is 0 Å². The van der Waals surface area contributed by atoms with Crippen molar-refractivity contribution >= 4 is 11.7 Å². The molecule has 0 saturated heterocycles. The standard InChI is InChI=1S/C13H18N2O5/c1-13(14-2,12(16)19-3)7-8-20-11-6-4-5-10(9-11)15(17)18/h4-6,9,14H,7-8H2,1-3H3. The average molecular weight is 282 g/mol. The number of methoxy groups -OCH3 is 1.